The molecule has 5 nitrogen and oxygen atoms in total. The van der Waals surface area contributed by atoms with Gasteiger partial charge in [-0.15, -0.1) is 22.7 Å². The zero-order valence-electron chi connectivity index (χ0n) is 14.7. The molecule has 0 saturated carbocycles. The molecule has 0 saturated heterocycles. The van der Waals surface area contributed by atoms with Crippen molar-refractivity contribution in [1.29, 1.82) is 0 Å². The van der Waals surface area contributed by atoms with Crippen LogP contribution < -0.4 is 9.47 Å². The van der Waals surface area contributed by atoms with Crippen molar-refractivity contribution in [3.8, 4) is 11.5 Å². The molecule has 0 fully saturated rings. The topological polar surface area (TPSA) is 68.7 Å². The van der Waals surface area contributed by atoms with Gasteiger partial charge in [-0.25, -0.2) is 9.78 Å². The second-order valence-electron chi connectivity index (χ2n) is 5.99. The molecule has 1 aromatic carbocycles. The van der Waals surface area contributed by atoms with E-state index in [-0.39, 0.29) is 17.3 Å². The lowest BCUT2D eigenvalue weighted by atomic mass is 10.2. The summed E-state index contributed by atoms with van der Waals surface area (Å²) in [6.45, 7) is 0.656. The molecule has 0 aliphatic carbocycles. The molecule has 0 atom stereocenters. The van der Waals surface area contributed by atoms with Gasteiger partial charge in [0.2, 0.25) is 0 Å². The Balaban J connectivity index is 1.48. The summed E-state index contributed by atoms with van der Waals surface area (Å²) in [5, 5.41) is 12.0. The molecule has 0 bridgehead atoms. The minimum atomic E-state index is -1.04. The summed E-state index contributed by atoms with van der Waals surface area (Å²) >= 11 is 14.9. The molecule has 0 amide bonds. The molecule has 0 radical (unpaired) electrons. The number of nitrogens with zero attached hydrogens (tertiary/aromatic N) is 1. The Hall–Kier alpha value is -2.32. The Morgan fingerprint density at radius 3 is 2.55 bits per heavy atom. The van der Waals surface area contributed by atoms with E-state index in [9.17, 15) is 9.90 Å². The van der Waals surface area contributed by atoms with Crippen LogP contribution in [0.25, 0.3) is 10.1 Å². The SMILES string of the molecule is O=C(O)c1cnc(Cl)c2c(COc3cccc(OCc4ccc(Cl)s4)c3)csc12. The highest BCUT2D eigenvalue weighted by atomic mass is 35.5. The smallest absolute Gasteiger partial charge is 0.338 e. The van der Waals surface area contributed by atoms with Gasteiger partial charge in [-0.3, -0.25) is 0 Å². The monoisotopic (exact) mass is 465 g/mol. The van der Waals surface area contributed by atoms with Crippen molar-refractivity contribution in [2.45, 2.75) is 13.2 Å². The van der Waals surface area contributed by atoms with E-state index in [4.69, 9.17) is 32.7 Å². The molecule has 9 heteroatoms. The van der Waals surface area contributed by atoms with Crippen molar-refractivity contribution < 1.29 is 19.4 Å². The number of aromatic nitrogens is 1. The number of halogens is 2. The van der Waals surface area contributed by atoms with Gasteiger partial charge in [-0.2, -0.15) is 0 Å². The summed E-state index contributed by atoms with van der Waals surface area (Å²) in [5.41, 5.74) is 0.912. The minimum Gasteiger partial charge on any atom is -0.489 e. The van der Waals surface area contributed by atoms with Crippen molar-refractivity contribution in [3.05, 3.63) is 73.5 Å². The van der Waals surface area contributed by atoms with Gasteiger partial charge in [-0.1, -0.05) is 29.3 Å². The van der Waals surface area contributed by atoms with Crippen LogP contribution in [-0.4, -0.2) is 16.1 Å². The van der Waals surface area contributed by atoms with Gasteiger partial charge in [-0.05, 0) is 29.6 Å². The second kappa shape index (κ2) is 8.59. The summed E-state index contributed by atoms with van der Waals surface area (Å²) < 4.78 is 13.0. The van der Waals surface area contributed by atoms with Gasteiger partial charge < -0.3 is 14.6 Å². The number of aromatic carboxylic acids is 1. The Morgan fingerprint density at radius 2 is 1.86 bits per heavy atom. The third kappa shape index (κ3) is 4.48. The van der Waals surface area contributed by atoms with E-state index < -0.39 is 5.97 Å². The first-order chi connectivity index (χ1) is 14.0. The zero-order valence-corrected chi connectivity index (χ0v) is 17.9. The molecule has 0 unspecified atom stereocenters. The van der Waals surface area contributed by atoms with Crippen molar-refractivity contribution >= 4 is 61.9 Å². The van der Waals surface area contributed by atoms with Crippen LogP contribution in [0.3, 0.4) is 0 Å². The van der Waals surface area contributed by atoms with Crippen LogP contribution in [0.2, 0.25) is 9.49 Å². The largest absolute Gasteiger partial charge is 0.489 e. The second-order valence-corrected chi connectivity index (χ2v) is 9.03. The van der Waals surface area contributed by atoms with Crippen LogP contribution in [-0.2, 0) is 13.2 Å². The van der Waals surface area contributed by atoms with Crippen LogP contribution in [0.4, 0.5) is 0 Å². The molecule has 29 heavy (non-hydrogen) atoms. The first-order valence-corrected chi connectivity index (χ1v) is 10.8. The minimum absolute atomic E-state index is 0.129. The fraction of sp³-hybridized carbons (Fsp3) is 0.100. The van der Waals surface area contributed by atoms with E-state index in [1.54, 1.807) is 6.07 Å². The zero-order chi connectivity index (χ0) is 20.4. The van der Waals surface area contributed by atoms with Crippen LogP contribution >= 0.6 is 45.9 Å². The third-order valence-electron chi connectivity index (χ3n) is 4.07. The van der Waals surface area contributed by atoms with Gasteiger partial charge in [0.05, 0.1) is 14.6 Å². The predicted molar refractivity (Wildman–Crippen MR) is 116 cm³/mol. The molecule has 148 valence electrons. The number of carbonyl (C=O) groups is 1. The number of carboxylic acids is 1. The Bertz CT molecular complexity index is 1190. The van der Waals surface area contributed by atoms with Gasteiger partial charge in [0, 0.05) is 28.1 Å². The molecule has 4 aromatic rings. The predicted octanol–water partition coefficient (Wildman–Crippen LogP) is 6.52. The first kappa shape index (κ1) is 20.0. The maximum Gasteiger partial charge on any atom is 0.338 e. The number of pyridine rings is 1. The quantitative estimate of drug-likeness (QED) is 0.314. The molecule has 0 aliphatic rings. The fourth-order valence-corrected chi connectivity index (χ4v) is 5.10. The van der Waals surface area contributed by atoms with Crippen molar-refractivity contribution in [2.24, 2.45) is 0 Å². The van der Waals surface area contributed by atoms with Crippen molar-refractivity contribution in [1.82, 2.24) is 4.98 Å². The van der Waals surface area contributed by atoms with Crippen molar-refractivity contribution in [2.75, 3.05) is 0 Å². The van der Waals surface area contributed by atoms with Crippen LogP contribution in [0.15, 0.2) is 48.0 Å². The van der Waals surface area contributed by atoms with E-state index in [2.05, 4.69) is 4.98 Å². The molecule has 3 aromatic heterocycles. The molecule has 3 heterocycles. The van der Waals surface area contributed by atoms with Crippen LogP contribution in [0, 0.1) is 0 Å². The molecule has 0 spiro atoms. The lowest BCUT2D eigenvalue weighted by molar-refractivity contribution is 0.0699. The highest BCUT2D eigenvalue weighted by molar-refractivity contribution is 7.18. The lowest BCUT2D eigenvalue weighted by Crippen LogP contribution is -1.99. The Morgan fingerprint density at radius 1 is 1.10 bits per heavy atom. The maximum absolute atomic E-state index is 11.4. The van der Waals surface area contributed by atoms with E-state index in [0.717, 1.165) is 14.8 Å². The summed E-state index contributed by atoms with van der Waals surface area (Å²) in [5.74, 6) is 0.268. The summed E-state index contributed by atoms with van der Waals surface area (Å²) in [4.78, 5) is 16.4. The van der Waals surface area contributed by atoms with Gasteiger partial charge >= 0.3 is 5.97 Å². The third-order valence-corrected chi connectivity index (χ3v) is 6.62. The number of fused-ring (bicyclic) bond motifs is 1. The number of hydrogen-bond donors (Lipinski definition) is 1. The summed E-state index contributed by atoms with van der Waals surface area (Å²) in [7, 11) is 0. The van der Waals surface area contributed by atoms with Crippen LogP contribution in [0.5, 0.6) is 11.5 Å². The van der Waals surface area contributed by atoms with E-state index in [1.807, 2.05) is 35.7 Å². The summed E-state index contributed by atoms with van der Waals surface area (Å²) in [6, 6.07) is 11.1. The number of rotatable bonds is 7. The van der Waals surface area contributed by atoms with E-state index in [0.29, 0.717) is 28.2 Å². The van der Waals surface area contributed by atoms with Crippen molar-refractivity contribution in [3.63, 3.8) is 0 Å². The molecule has 1 N–H and O–H groups in total. The molecule has 4 rings (SSSR count). The highest BCUT2D eigenvalue weighted by Gasteiger charge is 2.17. The average Bonchev–Trinajstić information content (AvgIpc) is 3.32. The Kier molecular flexibility index (Phi) is 5.91. The number of carboxylic acid groups (broad SMARTS) is 1. The molecular weight excluding hydrogens is 453 g/mol. The van der Waals surface area contributed by atoms with E-state index >= 15 is 0 Å². The van der Waals surface area contributed by atoms with E-state index in [1.165, 1.54) is 28.9 Å². The molecular formula is C20H13Cl2NO4S2. The van der Waals surface area contributed by atoms with Gasteiger partial charge in [0.1, 0.15) is 29.9 Å². The maximum atomic E-state index is 11.4. The van der Waals surface area contributed by atoms with Gasteiger partial charge in [0.15, 0.2) is 0 Å². The molecule has 0 aliphatic heterocycles. The number of ether oxygens (including phenoxy) is 2. The average molecular weight is 466 g/mol. The number of hydrogen-bond acceptors (Lipinski definition) is 6. The standard InChI is InChI=1S/C20H13Cl2NO4S2/c21-16-5-4-14(29-16)9-27-13-3-1-2-12(6-13)26-8-11-10-28-18-15(20(24)25)7-23-19(22)17(11)18/h1-7,10H,8-9H2,(H,24,25). The highest BCUT2D eigenvalue weighted by Crippen LogP contribution is 2.34. The number of thiophene rings is 2. The number of benzene rings is 1. The lowest BCUT2D eigenvalue weighted by Gasteiger charge is -2.09. The fourth-order valence-electron chi connectivity index (χ4n) is 2.72. The Labute approximate surface area is 184 Å². The first-order valence-electron chi connectivity index (χ1n) is 8.39. The summed E-state index contributed by atoms with van der Waals surface area (Å²) in [6.07, 6.45) is 1.27. The normalized spacial score (nSPS) is 11.0. The van der Waals surface area contributed by atoms with Gasteiger partial charge in [0.25, 0.3) is 0 Å². The van der Waals surface area contributed by atoms with Crippen LogP contribution in [0.1, 0.15) is 20.8 Å².